The molecule has 0 radical (unpaired) electrons. The van der Waals surface area contributed by atoms with Crippen molar-refractivity contribution in [2.45, 2.75) is 0 Å². The third kappa shape index (κ3) is 5.88. The van der Waals surface area contributed by atoms with E-state index in [1.807, 2.05) is 48.2 Å². The highest BCUT2D eigenvalue weighted by atomic mass is 32.1. The third-order valence-corrected chi connectivity index (χ3v) is 11.6. The van der Waals surface area contributed by atoms with Crippen LogP contribution in [0.25, 0.3) is 98.1 Å². The highest BCUT2D eigenvalue weighted by Crippen LogP contribution is 2.46. The Kier molecular flexibility index (Phi) is 8.17. The van der Waals surface area contributed by atoms with Crippen molar-refractivity contribution in [1.82, 2.24) is 19.9 Å². The summed E-state index contributed by atoms with van der Waals surface area (Å²) in [5.74, 6) is 0. The fraction of sp³-hybridized carbons (Fsp3) is 0. The molecule has 0 bridgehead atoms. The smallest absolute Gasteiger partial charge is 0.0797 e. The van der Waals surface area contributed by atoms with E-state index in [9.17, 15) is 0 Å². The lowest BCUT2D eigenvalue weighted by Gasteiger charge is -2.19. The monoisotopic (exact) mass is 726 g/mol. The van der Waals surface area contributed by atoms with Crippen LogP contribution in [0.2, 0.25) is 0 Å². The molecule has 4 nitrogen and oxygen atoms in total. The Labute approximate surface area is 320 Å². The van der Waals surface area contributed by atoms with E-state index in [0.717, 1.165) is 75.8 Å². The van der Waals surface area contributed by atoms with E-state index >= 15 is 0 Å². The first-order valence-corrected chi connectivity index (χ1v) is 19.5. The van der Waals surface area contributed by atoms with Crippen LogP contribution >= 0.6 is 22.7 Å². The van der Waals surface area contributed by atoms with E-state index < -0.39 is 0 Å². The van der Waals surface area contributed by atoms with E-state index in [0.29, 0.717) is 0 Å². The number of pyridine rings is 2. The number of aromatic nitrogens is 4. The normalized spacial score (nSPS) is 11.3. The molecular weight excluding hydrogens is 697 g/mol. The zero-order valence-corrected chi connectivity index (χ0v) is 30.6. The van der Waals surface area contributed by atoms with Crippen LogP contribution < -0.4 is 0 Å². The summed E-state index contributed by atoms with van der Waals surface area (Å²) in [5.41, 5.74) is 17.3. The van der Waals surface area contributed by atoms with Crippen LogP contribution in [0.1, 0.15) is 0 Å². The van der Waals surface area contributed by atoms with Gasteiger partial charge < -0.3 is 0 Å². The molecule has 54 heavy (non-hydrogen) atoms. The second-order valence-corrected chi connectivity index (χ2v) is 15.0. The third-order valence-electron chi connectivity index (χ3n) is 9.99. The molecule has 0 amide bonds. The van der Waals surface area contributed by atoms with Crippen molar-refractivity contribution in [3.63, 3.8) is 0 Å². The molecule has 0 aliphatic heterocycles. The van der Waals surface area contributed by atoms with Gasteiger partial charge in [-0.05, 0) is 102 Å². The quantitative estimate of drug-likeness (QED) is 0.153. The molecule has 0 fully saturated rings. The SMILES string of the molecule is c1ccc(-c2cc(-c3ccccc3)cc(-c3ccc4c(-c5cncc(-c6cncs6)c5)c5ccccc5c(-c5cncc(-c6cncs6)c5)c4c3)c2)cc1. The minimum atomic E-state index is 1.05. The maximum Gasteiger partial charge on any atom is 0.0797 e. The van der Waals surface area contributed by atoms with Crippen LogP contribution in [0.5, 0.6) is 0 Å². The molecular formula is C48H30N4S2. The van der Waals surface area contributed by atoms with Crippen LogP contribution in [0, 0.1) is 0 Å². The first kappa shape index (κ1) is 32.1. The van der Waals surface area contributed by atoms with Gasteiger partial charge in [-0.15, -0.1) is 22.7 Å². The summed E-state index contributed by atoms with van der Waals surface area (Å²) in [4.78, 5) is 20.4. The van der Waals surface area contributed by atoms with Gasteiger partial charge in [0.1, 0.15) is 0 Å². The molecule has 0 unspecified atom stereocenters. The molecule has 0 aliphatic rings. The lowest BCUT2D eigenvalue weighted by molar-refractivity contribution is 1.33. The van der Waals surface area contributed by atoms with Gasteiger partial charge >= 0.3 is 0 Å². The van der Waals surface area contributed by atoms with Crippen molar-refractivity contribution in [1.29, 1.82) is 0 Å². The fourth-order valence-corrected chi connectivity index (χ4v) is 8.72. The fourth-order valence-electron chi connectivity index (χ4n) is 7.51. The standard InChI is InChI=1S/C48H30N4S2/c1-3-9-31(10-4-1)34-17-35(32-11-5-2-6-12-32)19-36(18-34)33-15-16-43-44(22-33)48(40-21-38(24-50-26-40)46-28-52-30-54-46)42-14-8-7-13-41(42)47(43)39-20-37(23-49-25-39)45-27-51-29-53-45/h1-30H. The number of hydrogen-bond acceptors (Lipinski definition) is 6. The average Bonchev–Trinajstić information content (AvgIpc) is 4.00. The topological polar surface area (TPSA) is 51.6 Å². The summed E-state index contributed by atoms with van der Waals surface area (Å²) in [6, 6.07) is 48.4. The summed E-state index contributed by atoms with van der Waals surface area (Å²) in [7, 11) is 0. The Hall–Kier alpha value is -6.60. The van der Waals surface area contributed by atoms with Crippen molar-refractivity contribution in [3.05, 3.63) is 182 Å². The van der Waals surface area contributed by atoms with E-state index in [1.54, 1.807) is 22.7 Å². The maximum atomic E-state index is 4.79. The number of hydrogen-bond donors (Lipinski definition) is 0. The van der Waals surface area contributed by atoms with Crippen molar-refractivity contribution in [2.75, 3.05) is 0 Å². The molecule has 0 aliphatic carbocycles. The van der Waals surface area contributed by atoms with Gasteiger partial charge in [0.25, 0.3) is 0 Å². The lowest BCUT2D eigenvalue weighted by atomic mass is 9.84. The van der Waals surface area contributed by atoms with Crippen LogP contribution in [-0.4, -0.2) is 19.9 Å². The number of fused-ring (bicyclic) bond motifs is 2. The van der Waals surface area contributed by atoms with Crippen molar-refractivity contribution in [3.8, 4) is 76.5 Å². The zero-order valence-electron chi connectivity index (χ0n) is 28.9. The summed E-state index contributed by atoms with van der Waals surface area (Å²) in [5, 5.41) is 4.63. The molecule has 254 valence electrons. The van der Waals surface area contributed by atoms with E-state index in [-0.39, 0.29) is 0 Å². The molecule has 0 N–H and O–H groups in total. The minimum Gasteiger partial charge on any atom is -0.263 e. The van der Waals surface area contributed by atoms with Gasteiger partial charge in [0.05, 0.1) is 20.8 Å². The van der Waals surface area contributed by atoms with E-state index in [1.165, 1.54) is 22.3 Å². The molecule has 6 heteroatoms. The Morgan fingerprint density at radius 2 is 0.704 bits per heavy atom. The molecule has 6 aromatic carbocycles. The molecule has 10 rings (SSSR count). The predicted octanol–water partition coefficient (Wildman–Crippen LogP) is 13.4. The average molecular weight is 727 g/mol. The lowest BCUT2D eigenvalue weighted by Crippen LogP contribution is -1.93. The van der Waals surface area contributed by atoms with Crippen LogP contribution in [-0.2, 0) is 0 Å². The summed E-state index contributed by atoms with van der Waals surface area (Å²) in [6.45, 7) is 0. The highest BCUT2D eigenvalue weighted by molar-refractivity contribution is 7.13. The van der Waals surface area contributed by atoms with Gasteiger partial charge in [0.15, 0.2) is 0 Å². The number of benzene rings is 6. The summed E-state index contributed by atoms with van der Waals surface area (Å²) < 4.78 is 0. The molecule has 4 aromatic heterocycles. The molecule has 0 spiro atoms. The van der Waals surface area contributed by atoms with Crippen molar-refractivity contribution >= 4 is 44.2 Å². The van der Waals surface area contributed by atoms with E-state index in [2.05, 4.69) is 143 Å². The molecule has 4 heterocycles. The Morgan fingerprint density at radius 1 is 0.278 bits per heavy atom. The van der Waals surface area contributed by atoms with Crippen LogP contribution in [0.3, 0.4) is 0 Å². The second kappa shape index (κ2) is 13.7. The molecule has 0 saturated heterocycles. The number of rotatable bonds is 7. The van der Waals surface area contributed by atoms with Crippen LogP contribution in [0.15, 0.2) is 182 Å². The molecule has 0 atom stereocenters. The molecule has 10 aromatic rings. The van der Waals surface area contributed by atoms with Gasteiger partial charge in [-0.25, -0.2) is 0 Å². The van der Waals surface area contributed by atoms with Gasteiger partial charge in [0.2, 0.25) is 0 Å². The first-order chi connectivity index (χ1) is 26.8. The van der Waals surface area contributed by atoms with E-state index in [4.69, 9.17) is 9.97 Å². The Bertz CT molecular complexity index is 2860. The largest absolute Gasteiger partial charge is 0.263 e. The minimum absolute atomic E-state index is 1.05. The maximum absolute atomic E-state index is 4.79. The van der Waals surface area contributed by atoms with Crippen molar-refractivity contribution in [2.24, 2.45) is 0 Å². The number of nitrogens with zero attached hydrogens (tertiary/aromatic N) is 4. The van der Waals surface area contributed by atoms with Gasteiger partial charge in [0, 0.05) is 59.4 Å². The van der Waals surface area contributed by atoms with Gasteiger partial charge in [-0.3, -0.25) is 19.9 Å². The Morgan fingerprint density at radius 3 is 1.20 bits per heavy atom. The summed E-state index contributed by atoms with van der Waals surface area (Å²) >= 11 is 3.25. The first-order valence-electron chi connectivity index (χ1n) is 17.7. The zero-order chi connectivity index (χ0) is 35.8. The van der Waals surface area contributed by atoms with Crippen LogP contribution in [0.4, 0.5) is 0 Å². The summed E-state index contributed by atoms with van der Waals surface area (Å²) in [6.07, 6.45) is 11.7. The second-order valence-electron chi connectivity index (χ2n) is 13.2. The van der Waals surface area contributed by atoms with Gasteiger partial charge in [-0.1, -0.05) is 97.1 Å². The number of thiazole rings is 2. The predicted molar refractivity (Wildman–Crippen MR) is 226 cm³/mol. The highest BCUT2D eigenvalue weighted by Gasteiger charge is 2.20. The molecule has 0 saturated carbocycles. The van der Waals surface area contributed by atoms with Gasteiger partial charge in [-0.2, -0.15) is 0 Å². The van der Waals surface area contributed by atoms with Crippen molar-refractivity contribution < 1.29 is 0 Å². The Balaban J connectivity index is 1.27.